The Hall–Kier alpha value is -2.87. The fourth-order valence-electron chi connectivity index (χ4n) is 4.05. The highest BCUT2D eigenvalue weighted by Crippen LogP contribution is 2.34. The van der Waals surface area contributed by atoms with Crippen LogP contribution in [0.2, 0.25) is 0 Å². The Labute approximate surface area is 189 Å². The van der Waals surface area contributed by atoms with Crippen LogP contribution in [-0.4, -0.2) is 29.2 Å². The zero-order chi connectivity index (χ0) is 22.7. The minimum atomic E-state index is -3.74. The van der Waals surface area contributed by atoms with E-state index in [0.717, 1.165) is 41.0 Å². The number of nitrogens with one attached hydrogen (secondary N) is 1. The molecule has 1 heterocycles. The highest BCUT2D eigenvalue weighted by molar-refractivity contribution is 7.91. The van der Waals surface area contributed by atoms with Crippen LogP contribution in [0.25, 0.3) is 0 Å². The number of hydrogen-bond acceptors (Lipinski definition) is 6. The molecule has 6 nitrogen and oxygen atoms in total. The molecule has 4 rings (SSSR count). The van der Waals surface area contributed by atoms with E-state index in [-0.39, 0.29) is 15.8 Å². The molecule has 0 amide bonds. The van der Waals surface area contributed by atoms with Crippen LogP contribution in [0.4, 0.5) is 0 Å². The van der Waals surface area contributed by atoms with E-state index in [9.17, 15) is 8.42 Å². The lowest BCUT2D eigenvalue weighted by atomic mass is 10.00. The summed E-state index contributed by atoms with van der Waals surface area (Å²) >= 11 is 0. The van der Waals surface area contributed by atoms with Crippen molar-refractivity contribution in [3.63, 3.8) is 0 Å². The van der Waals surface area contributed by atoms with E-state index in [1.807, 2.05) is 30.3 Å². The van der Waals surface area contributed by atoms with Gasteiger partial charge in [0, 0.05) is 12.6 Å². The zero-order valence-corrected chi connectivity index (χ0v) is 19.1. The van der Waals surface area contributed by atoms with Gasteiger partial charge in [-0.15, -0.1) is 0 Å². The number of sulfone groups is 1. The normalized spacial score (nSPS) is 14.5. The average molecular weight is 453 g/mol. The molecule has 7 heteroatoms. The molecule has 0 saturated heterocycles. The van der Waals surface area contributed by atoms with Gasteiger partial charge in [0.25, 0.3) is 0 Å². The van der Waals surface area contributed by atoms with Gasteiger partial charge in [0.15, 0.2) is 0 Å². The first-order chi connectivity index (χ1) is 15.4. The Morgan fingerprint density at radius 3 is 2.50 bits per heavy atom. The van der Waals surface area contributed by atoms with E-state index in [4.69, 9.17) is 15.2 Å². The van der Waals surface area contributed by atoms with Crippen LogP contribution in [0.3, 0.4) is 0 Å². The maximum atomic E-state index is 13.4. The van der Waals surface area contributed by atoms with Gasteiger partial charge in [-0.05, 0) is 78.0 Å². The summed E-state index contributed by atoms with van der Waals surface area (Å²) in [5, 5.41) is 3.29. The monoisotopic (exact) mass is 452 g/mol. The number of benzene rings is 3. The van der Waals surface area contributed by atoms with Gasteiger partial charge < -0.3 is 20.5 Å². The van der Waals surface area contributed by atoms with Crippen LogP contribution in [0.1, 0.15) is 28.3 Å². The van der Waals surface area contributed by atoms with E-state index in [2.05, 4.69) is 5.32 Å². The van der Waals surface area contributed by atoms with Crippen molar-refractivity contribution in [1.82, 2.24) is 5.32 Å². The van der Waals surface area contributed by atoms with E-state index in [1.165, 1.54) is 7.11 Å². The summed E-state index contributed by atoms with van der Waals surface area (Å²) in [5.41, 5.74) is 10.4. The quantitative estimate of drug-likeness (QED) is 0.571. The van der Waals surface area contributed by atoms with Crippen molar-refractivity contribution in [2.75, 3.05) is 20.8 Å². The molecule has 3 N–H and O–H groups in total. The van der Waals surface area contributed by atoms with Gasteiger partial charge in [0.05, 0.1) is 19.1 Å². The molecular weight excluding hydrogens is 424 g/mol. The van der Waals surface area contributed by atoms with E-state index < -0.39 is 9.84 Å². The molecule has 0 spiro atoms. The topological polar surface area (TPSA) is 90.7 Å². The maximum absolute atomic E-state index is 13.4. The molecule has 0 radical (unpaired) electrons. The minimum Gasteiger partial charge on any atom is -0.497 e. The molecule has 168 valence electrons. The van der Waals surface area contributed by atoms with E-state index in [0.29, 0.717) is 18.7 Å². The number of hydrogen-bond donors (Lipinski definition) is 2. The molecule has 3 aromatic rings. The summed E-state index contributed by atoms with van der Waals surface area (Å²) in [7, 11) is -0.602. The molecule has 0 aromatic heterocycles. The highest BCUT2D eigenvalue weighted by Gasteiger charge is 2.25. The number of methoxy groups -OCH3 is 2. The molecule has 0 bridgehead atoms. The van der Waals surface area contributed by atoms with Crippen molar-refractivity contribution in [2.24, 2.45) is 5.73 Å². The Balaban J connectivity index is 1.59. The number of nitrogens with two attached hydrogens (primary N) is 1. The smallest absolute Gasteiger partial charge is 0.210 e. The van der Waals surface area contributed by atoms with Crippen LogP contribution < -0.4 is 20.5 Å². The van der Waals surface area contributed by atoms with Crippen molar-refractivity contribution in [3.05, 3.63) is 82.9 Å². The van der Waals surface area contributed by atoms with Crippen LogP contribution in [0.5, 0.6) is 11.5 Å². The van der Waals surface area contributed by atoms with Gasteiger partial charge in [0.1, 0.15) is 16.4 Å². The standard InChI is InChI=1S/C25H28N2O4S/c1-30-21-5-3-4-17(12-21)13-23(26)18-6-8-22(9-7-18)32(28,29)25-15-20-16-27-11-10-19(20)14-24(25)31-2/h3-9,12,14-15,23,27H,10-11,13,16,26H2,1-2H3. The third-order valence-corrected chi connectivity index (χ3v) is 7.66. The Morgan fingerprint density at radius 1 is 1.00 bits per heavy atom. The van der Waals surface area contributed by atoms with Crippen molar-refractivity contribution < 1.29 is 17.9 Å². The summed E-state index contributed by atoms with van der Waals surface area (Å²) in [6.45, 7) is 1.53. The Morgan fingerprint density at radius 2 is 1.78 bits per heavy atom. The predicted molar refractivity (Wildman–Crippen MR) is 124 cm³/mol. The highest BCUT2D eigenvalue weighted by atomic mass is 32.2. The number of fused-ring (bicyclic) bond motifs is 1. The van der Waals surface area contributed by atoms with Gasteiger partial charge in [-0.25, -0.2) is 8.42 Å². The molecule has 32 heavy (non-hydrogen) atoms. The molecule has 3 aromatic carbocycles. The van der Waals surface area contributed by atoms with Crippen molar-refractivity contribution in [3.8, 4) is 11.5 Å². The second-order valence-corrected chi connectivity index (χ2v) is 9.85. The molecule has 1 unspecified atom stereocenters. The minimum absolute atomic E-state index is 0.191. The lowest BCUT2D eigenvalue weighted by molar-refractivity contribution is 0.401. The first-order valence-corrected chi connectivity index (χ1v) is 12.0. The molecular formula is C25H28N2O4S. The van der Waals surface area contributed by atoms with Crippen LogP contribution >= 0.6 is 0 Å². The van der Waals surface area contributed by atoms with Gasteiger partial charge >= 0.3 is 0 Å². The first-order valence-electron chi connectivity index (χ1n) is 10.6. The Kier molecular flexibility index (Phi) is 6.50. The lowest BCUT2D eigenvalue weighted by Gasteiger charge is -2.20. The largest absolute Gasteiger partial charge is 0.497 e. The van der Waals surface area contributed by atoms with Crippen LogP contribution in [0, 0.1) is 0 Å². The molecule has 1 aliphatic rings. The number of rotatable bonds is 7. The third-order valence-electron chi connectivity index (χ3n) is 5.87. The molecule has 0 saturated carbocycles. The average Bonchev–Trinajstić information content (AvgIpc) is 2.83. The third kappa shape index (κ3) is 4.50. The summed E-state index contributed by atoms with van der Waals surface area (Å²) < 4.78 is 37.5. The SMILES string of the molecule is COc1cccc(CC(N)c2ccc(S(=O)(=O)c3cc4c(cc3OC)CCNC4)cc2)c1. The summed E-state index contributed by atoms with van der Waals surface area (Å²) in [6, 6.07) is 17.9. The Bertz CT molecular complexity index is 1210. The van der Waals surface area contributed by atoms with Crippen LogP contribution in [-0.2, 0) is 29.2 Å². The summed E-state index contributed by atoms with van der Waals surface area (Å²) in [5.74, 6) is 1.16. The molecule has 0 aliphatic carbocycles. The number of ether oxygens (including phenoxy) is 2. The second-order valence-electron chi connectivity index (χ2n) is 7.93. The lowest BCUT2D eigenvalue weighted by Crippen LogP contribution is -2.24. The summed E-state index contributed by atoms with van der Waals surface area (Å²) in [4.78, 5) is 0.410. The first kappa shape index (κ1) is 22.3. The second kappa shape index (κ2) is 9.32. The van der Waals surface area contributed by atoms with E-state index >= 15 is 0 Å². The maximum Gasteiger partial charge on any atom is 0.210 e. The molecule has 1 atom stereocenters. The van der Waals surface area contributed by atoms with Gasteiger partial charge in [-0.1, -0.05) is 24.3 Å². The molecule has 1 aliphatic heterocycles. The summed E-state index contributed by atoms with van der Waals surface area (Å²) in [6.07, 6.45) is 1.47. The van der Waals surface area contributed by atoms with Crippen molar-refractivity contribution in [1.29, 1.82) is 0 Å². The molecule has 0 fully saturated rings. The fraction of sp³-hybridized carbons (Fsp3) is 0.280. The van der Waals surface area contributed by atoms with Gasteiger partial charge in [-0.3, -0.25) is 0 Å². The van der Waals surface area contributed by atoms with Crippen molar-refractivity contribution >= 4 is 9.84 Å². The van der Waals surface area contributed by atoms with Gasteiger partial charge in [-0.2, -0.15) is 0 Å². The zero-order valence-electron chi connectivity index (χ0n) is 18.3. The van der Waals surface area contributed by atoms with Crippen molar-refractivity contribution in [2.45, 2.75) is 35.2 Å². The van der Waals surface area contributed by atoms with Crippen LogP contribution in [0.15, 0.2) is 70.5 Å². The van der Waals surface area contributed by atoms with Gasteiger partial charge in [0.2, 0.25) is 9.84 Å². The fourth-order valence-corrected chi connectivity index (χ4v) is 5.50. The van der Waals surface area contributed by atoms with E-state index in [1.54, 1.807) is 37.4 Å². The predicted octanol–water partition coefficient (Wildman–Crippen LogP) is 3.42.